The van der Waals surface area contributed by atoms with Crippen molar-refractivity contribution in [2.75, 3.05) is 19.8 Å². The maximum Gasteiger partial charge on any atom is 0.310 e. The van der Waals surface area contributed by atoms with E-state index >= 15 is 0 Å². The molecule has 2 N–H and O–H groups in total. The second kappa shape index (κ2) is 6.43. The van der Waals surface area contributed by atoms with Gasteiger partial charge in [-0.25, -0.2) is 0 Å². The second-order valence-corrected chi connectivity index (χ2v) is 5.26. The predicted molar refractivity (Wildman–Crippen MR) is 74.9 cm³/mol. The van der Waals surface area contributed by atoms with Crippen LogP contribution in [0, 0.1) is 5.92 Å². The minimum atomic E-state index is -0.852. The van der Waals surface area contributed by atoms with Crippen molar-refractivity contribution in [3.8, 4) is 5.75 Å². The van der Waals surface area contributed by atoms with Gasteiger partial charge in [-0.15, -0.1) is 0 Å². The van der Waals surface area contributed by atoms with Crippen LogP contribution in [0.5, 0.6) is 5.75 Å². The molecular weight excluding hydrogens is 282 g/mol. The Balaban J connectivity index is 2.19. The minimum absolute atomic E-state index is 0.127. The highest BCUT2D eigenvalue weighted by Crippen LogP contribution is 2.29. The Morgan fingerprint density at radius 1 is 1.50 bits per heavy atom. The summed E-state index contributed by atoms with van der Waals surface area (Å²) < 4.78 is 5.29. The SMILES string of the molecule is CCN(Cc1c(O)cccc1Cl)C1COCC1C(=O)O. The third-order valence-corrected chi connectivity index (χ3v) is 4.05. The first-order valence-corrected chi connectivity index (χ1v) is 6.93. The van der Waals surface area contributed by atoms with Crippen LogP contribution in [0.4, 0.5) is 0 Å². The quantitative estimate of drug-likeness (QED) is 0.870. The molecule has 1 aromatic rings. The fourth-order valence-corrected chi connectivity index (χ4v) is 2.74. The molecule has 1 heterocycles. The van der Waals surface area contributed by atoms with Gasteiger partial charge in [0.05, 0.1) is 19.1 Å². The number of hydrogen-bond acceptors (Lipinski definition) is 4. The number of phenolic OH excluding ortho intramolecular Hbond substituents is 1. The van der Waals surface area contributed by atoms with E-state index in [1.54, 1.807) is 18.2 Å². The van der Waals surface area contributed by atoms with E-state index < -0.39 is 11.9 Å². The number of carbonyl (C=O) groups is 1. The number of aromatic hydroxyl groups is 1. The van der Waals surface area contributed by atoms with Gasteiger partial charge in [0.2, 0.25) is 0 Å². The molecule has 0 radical (unpaired) electrons. The van der Waals surface area contributed by atoms with E-state index in [0.717, 1.165) is 0 Å². The fraction of sp³-hybridized carbons (Fsp3) is 0.500. The zero-order valence-electron chi connectivity index (χ0n) is 11.3. The van der Waals surface area contributed by atoms with Crippen LogP contribution in [0.2, 0.25) is 5.02 Å². The van der Waals surface area contributed by atoms with Crippen molar-refractivity contribution in [2.24, 2.45) is 5.92 Å². The summed E-state index contributed by atoms with van der Waals surface area (Å²) in [5.74, 6) is -1.27. The number of halogens is 1. The Labute approximate surface area is 122 Å². The van der Waals surface area contributed by atoms with Gasteiger partial charge in [0.1, 0.15) is 5.75 Å². The number of benzene rings is 1. The highest BCUT2D eigenvalue weighted by molar-refractivity contribution is 6.31. The van der Waals surface area contributed by atoms with Crippen molar-refractivity contribution >= 4 is 17.6 Å². The molecule has 1 saturated heterocycles. The Morgan fingerprint density at radius 2 is 2.25 bits per heavy atom. The summed E-state index contributed by atoms with van der Waals surface area (Å²) in [7, 11) is 0. The van der Waals surface area contributed by atoms with Gasteiger partial charge in [0.15, 0.2) is 0 Å². The molecule has 110 valence electrons. The third kappa shape index (κ3) is 3.06. The molecule has 6 heteroatoms. The molecule has 1 aromatic carbocycles. The first kappa shape index (κ1) is 15.1. The maximum atomic E-state index is 11.2. The van der Waals surface area contributed by atoms with Crippen LogP contribution in [-0.2, 0) is 16.1 Å². The Kier molecular flexibility index (Phi) is 4.86. The van der Waals surface area contributed by atoms with Crippen molar-refractivity contribution in [3.63, 3.8) is 0 Å². The Hall–Kier alpha value is -1.30. The van der Waals surface area contributed by atoms with E-state index in [4.69, 9.17) is 16.3 Å². The summed E-state index contributed by atoms with van der Waals surface area (Å²) in [4.78, 5) is 13.2. The summed E-state index contributed by atoms with van der Waals surface area (Å²) in [6.45, 7) is 3.62. The predicted octanol–water partition coefficient (Wildman–Crippen LogP) is 1.97. The number of ether oxygens (including phenoxy) is 1. The summed E-state index contributed by atoms with van der Waals surface area (Å²) in [6.07, 6.45) is 0. The molecule has 20 heavy (non-hydrogen) atoms. The number of phenols is 1. The average molecular weight is 300 g/mol. The van der Waals surface area contributed by atoms with Gasteiger partial charge in [-0.2, -0.15) is 0 Å². The molecule has 1 aliphatic heterocycles. The number of likely N-dealkylation sites (N-methyl/N-ethyl adjacent to an activating group) is 1. The van der Waals surface area contributed by atoms with Crippen LogP contribution in [0.15, 0.2) is 18.2 Å². The highest BCUT2D eigenvalue weighted by atomic mass is 35.5. The third-order valence-electron chi connectivity index (χ3n) is 3.70. The summed E-state index contributed by atoms with van der Waals surface area (Å²) in [5.41, 5.74) is 0.618. The van der Waals surface area contributed by atoms with Crippen molar-refractivity contribution in [2.45, 2.75) is 19.5 Å². The van der Waals surface area contributed by atoms with Gasteiger partial charge in [0.25, 0.3) is 0 Å². The topological polar surface area (TPSA) is 70.0 Å². The molecule has 2 unspecified atom stereocenters. The van der Waals surface area contributed by atoms with Gasteiger partial charge in [-0.1, -0.05) is 24.6 Å². The lowest BCUT2D eigenvalue weighted by Crippen LogP contribution is -2.42. The van der Waals surface area contributed by atoms with E-state index in [-0.39, 0.29) is 18.4 Å². The number of carboxylic acids is 1. The molecule has 2 rings (SSSR count). The summed E-state index contributed by atoms with van der Waals surface area (Å²) in [5, 5.41) is 19.6. The van der Waals surface area contributed by atoms with Gasteiger partial charge < -0.3 is 14.9 Å². The monoisotopic (exact) mass is 299 g/mol. The van der Waals surface area contributed by atoms with Gasteiger partial charge in [0, 0.05) is 23.2 Å². The molecule has 1 aliphatic rings. The van der Waals surface area contributed by atoms with Crippen molar-refractivity contribution in [1.82, 2.24) is 4.90 Å². The van der Waals surface area contributed by atoms with Crippen LogP contribution in [0.25, 0.3) is 0 Å². The molecule has 1 fully saturated rings. The lowest BCUT2D eigenvalue weighted by molar-refractivity contribution is -0.143. The first-order valence-electron chi connectivity index (χ1n) is 6.55. The van der Waals surface area contributed by atoms with E-state index in [0.29, 0.717) is 30.3 Å². The number of carboxylic acid groups (broad SMARTS) is 1. The van der Waals surface area contributed by atoms with Crippen molar-refractivity contribution < 1.29 is 19.7 Å². The standard InChI is InChI=1S/C14H18ClNO4/c1-2-16(12-8-20-7-10(12)14(18)19)6-9-11(15)4-3-5-13(9)17/h3-5,10,12,17H,2,6-8H2,1H3,(H,18,19). The highest BCUT2D eigenvalue weighted by Gasteiger charge is 2.37. The lowest BCUT2D eigenvalue weighted by atomic mass is 10.0. The lowest BCUT2D eigenvalue weighted by Gasteiger charge is -2.29. The molecule has 5 nitrogen and oxygen atoms in total. The van der Waals surface area contributed by atoms with Crippen LogP contribution in [0.3, 0.4) is 0 Å². The number of hydrogen-bond donors (Lipinski definition) is 2. The molecule has 2 atom stereocenters. The largest absolute Gasteiger partial charge is 0.508 e. The Morgan fingerprint density at radius 3 is 2.85 bits per heavy atom. The smallest absolute Gasteiger partial charge is 0.310 e. The fourth-order valence-electron chi connectivity index (χ4n) is 2.51. The number of nitrogens with zero attached hydrogens (tertiary/aromatic N) is 1. The van der Waals surface area contributed by atoms with E-state index in [1.807, 2.05) is 11.8 Å². The summed E-state index contributed by atoms with van der Waals surface area (Å²) in [6, 6.07) is 4.77. The minimum Gasteiger partial charge on any atom is -0.508 e. The van der Waals surface area contributed by atoms with Crippen LogP contribution in [0.1, 0.15) is 12.5 Å². The van der Waals surface area contributed by atoms with E-state index in [9.17, 15) is 15.0 Å². The second-order valence-electron chi connectivity index (χ2n) is 4.85. The van der Waals surface area contributed by atoms with Crippen LogP contribution < -0.4 is 0 Å². The van der Waals surface area contributed by atoms with Crippen LogP contribution in [-0.4, -0.2) is 46.9 Å². The number of aliphatic carboxylic acids is 1. The average Bonchev–Trinajstić information content (AvgIpc) is 2.88. The van der Waals surface area contributed by atoms with Crippen LogP contribution >= 0.6 is 11.6 Å². The van der Waals surface area contributed by atoms with E-state index in [2.05, 4.69) is 0 Å². The molecule has 0 amide bonds. The first-order chi connectivity index (χ1) is 9.54. The van der Waals surface area contributed by atoms with Gasteiger partial charge >= 0.3 is 5.97 Å². The maximum absolute atomic E-state index is 11.2. The molecule has 0 aliphatic carbocycles. The summed E-state index contributed by atoms with van der Waals surface area (Å²) >= 11 is 6.10. The van der Waals surface area contributed by atoms with Crippen molar-refractivity contribution in [1.29, 1.82) is 0 Å². The molecule has 0 spiro atoms. The molecular formula is C14H18ClNO4. The number of rotatable bonds is 5. The molecule has 0 saturated carbocycles. The van der Waals surface area contributed by atoms with Gasteiger partial charge in [-0.3, -0.25) is 9.69 Å². The van der Waals surface area contributed by atoms with Crippen molar-refractivity contribution in [3.05, 3.63) is 28.8 Å². The molecule has 0 bridgehead atoms. The molecule has 0 aromatic heterocycles. The normalized spacial score (nSPS) is 22.4. The Bertz CT molecular complexity index is 474. The van der Waals surface area contributed by atoms with E-state index in [1.165, 1.54) is 0 Å². The zero-order chi connectivity index (χ0) is 14.7. The van der Waals surface area contributed by atoms with Gasteiger partial charge in [-0.05, 0) is 18.7 Å². The zero-order valence-corrected chi connectivity index (χ0v) is 12.0.